The Labute approximate surface area is 156 Å². The van der Waals surface area contributed by atoms with Crippen LogP contribution in [0, 0.1) is 0 Å². The van der Waals surface area contributed by atoms with Gasteiger partial charge in [-0.3, -0.25) is 4.90 Å². The van der Waals surface area contributed by atoms with E-state index in [1.807, 2.05) is 13.0 Å². The highest BCUT2D eigenvalue weighted by Crippen LogP contribution is 2.41. The SMILES string of the molecule is C/C(=C\CC1(C)CC(OCC2CO2)CC(C)(C)N1C)C(=O)OCC1CO1. The number of carbonyl (C=O) groups excluding carboxylic acids is 1. The molecule has 0 aromatic heterocycles. The molecule has 4 unspecified atom stereocenters. The Morgan fingerprint density at radius 1 is 1.15 bits per heavy atom. The van der Waals surface area contributed by atoms with Gasteiger partial charge in [0.15, 0.2) is 0 Å². The van der Waals surface area contributed by atoms with Crippen LogP contribution < -0.4 is 0 Å². The number of rotatable bonds is 8. The van der Waals surface area contributed by atoms with Crippen molar-refractivity contribution in [1.29, 1.82) is 0 Å². The lowest BCUT2D eigenvalue weighted by atomic mass is 9.76. The van der Waals surface area contributed by atoms with Gasteiger partial charge in [-0.15, -0.1) is 0 Å². The summed E-state index contributed by atoms with van der Waals surface area (Å²) in [5.74, 6) is -0.250. The first-order valence-electron chi connectivity index (χ1n) is 9.62. The molecule has 3 aliphatic rings. The van der Waals surface area contributed by atoms with Crippen molar-refractivity contribution in [3.63, 3.8) is 0 Å². The quantitative estimate of drug-likeness (QED) is 0.373. The van der Waals surface area contributed by atoms with Crippen molar-refractivity contribution in [1.82, 2.24) is 4.90 Å². The van der Waals surface area contributed by atoms with Crippen LogP contribution in [0.15, 0.2) is 11.6 Å². The summed E-state index contributed by atoms with van der Waals surface area (Å²) in [7, 11) is 2.17. The molecule has 6 nitrogen and oxygen atoms in total. The Morgan fingerprint density at radius 2 is 1.77 bits per heavy atom. The van der Waals surface area contributed by atoms with E-state index in [0.717, 1.165) is 25.9 Å². The molecule has 0 N–H and O–H groups in total. The summed E-state index contributed by atoms with van der Waals surface area (Å²) in [6.45, 7) is 11.2. The fourth-order valence-electron chi connectivity index (χ4n) is 3.77. The first kappa shape index (κ1) is 19.8. The number of hydrogen-bond acceptors (Lipinski definition) is 6. The third kappa shape index (κ3) is 5.06. The molecule has 0 saturated carbocycles. The van der Waals surface area contributed by atoms with E-state index in [1.165, 1.54) is 0 Å². The summed E-state index contributed by atoms with van der Waals surface area (Å²) in [4.78, 5) is 14.5. The van der Waals surface area contributed by atoms with Crippen molar-refractivity contribution in [2.45, 2.75) is 76.3 Å². The van der Waals surface area contributed by atoms with Crippen molar-refractivity contribution in [3.8, 4) is 0 Å². The van der Waals surface area contributed by atoms with Gasteiger partial charge in [0.05, 0.1) is 25.9 Å². The highest BCUT2D eigenvalue weighted by Gasteiger charge is 2.46. The van der Waals surface area contributed by atoms with Crippen LogP contribution in [-0.2, 0) is 23.7 Å². The van der Waals surface area contributed by atoms with Gasteiger partial charge in [-0.2, -0.15) is 0 Å². The maximum absolute atomic E-state index is 12.1. The smallest absolute Gasteiger partial charge is 0.333 e. The summed E-state index contributed by atoms with van der Waals surface area (Å²) >= 11 is 0. The Bertz CT molecular complexity index is 552. The molecular formula is C20H33NO5. The molecule has 3 heterocycles. The van der Waals surface area contributed by atoms with E-state index >= 15 is 0 Å². The van der Waals surface area contributed by atoms with Crippen LogP contribution in [-0.4, -0.2) is 73.7 Å². The van der Waals surface area contributed by atoms with Crippen LogP contribution in [0.3, 0.4) is 0 Å². The van der Waals surface area contributed by atoms with Crippen LogP contribution in [0.1, 0.15) is 47.0 Å². The lowest BCUT2D eigenvalue weighted by molar-refractivity contribution is -0.139. The molecule has 0 bridgehead atoms. The van der Waals surface area contributed by atoms with Gasteiger partial charge in [-0.05, 0) is 54.0 Å². The Morgan fingerprint density at radius 3 is 2.38 bits per heavy atom. The minimum absolute atomic E-state index is 0.0354. The molecule has 0 aromatic carbocycles. The van der Waals surface area contributed by atoms with Crippen molar-refractivity contribution in [3.05, 3.63) is 11.6 Å². The van der Waals surface area contributed by atoms with E-state index in [9.17, 15) is 4.79 Å². The summed E-state index contributed by atoms with van der Waals surface area (Å²) in [5, 5.41) is 0. The summed E-state index contributed by atoms with van der Waals surface area (Å²) < 4.78 is 21.8. The standard InChI is InChI=1S/C20H33NO5/c1-14(18(22)26-13-17-12-25-17)6-7-20(4)9-15(23-10-16-11-24-16)8-19(2,3)21(20)5/h6,15-17H,7-13H2,1-5H3/b14-6+. The van der Waals surface area contributed by atoms with E-state index < -0.39 is 0 Å². The minimum atomic E-state index is -0.250. The monoisotopic (exact) mass is 367 g/mol. The summed E-state index contributed by atoms with van der Waals surface area (Å²) in [6, 6.07) is 0. The number of epoxide rings is 2. The fourth-order valence-corrected chi connectivity index (χ4v) is 3.77. The van der Waals surface area contributed by atoms with Crippen LogP contribution in [0.25, 0.3) is 0 Å². The Hall–Kier alpha value is -0.950. The molecule has 0 aromatic rings. The molecule has 148 valence electrons. The zero-order valence-corrected chi connectivity index (χ0v) is 16.7. The molecule has 3 fully saturated rings. The minimum Gasteiger partial charge on any atom is -0.459 e. The molecule has 0 spiro atoms. The van der Waals surface area contributed by atoms with Gasteiger partial charge in [0.2, 0.25) is 0 Å². The summed E-state index contributed by atoms with van der Waals surface area (Å²) in [5.41, 5.74) is 0.624. The number of nitrogens with zero attached hydrogens (tertiary/aromatic N) is 1. The average molecular weight is 367 g/mol. The zero-order valence-electron chi connectivity index (χ0n) is 16.7. The Balaban J connectivity index is 1.59. The van der Waals surface area contributed by atoms with Gasteiger partial charge in [0, 0.05) is 16.7 Å². The van der Waals surface area contributed by atoms with Gasteiger partial charge in [-0.1, -0.05) is 6.08 Å². The average Bonchev–Trinajstić information content (AvgIpc) is 3.47. The van der Waals surface area contributed by atoms with Crippen molar-refractivity contribution in [2.24, 2.45) is 0 Å². The second-order valence-electron chi connectivity index (χ2n) is 8.83. The molecule has 6 heteroatoms. The third-order valence-electron chi connectivity index (χ3n) is 6.01. The summed E-state index contributed by atoms with van der Waals surface area (Å²) in [6.07, 6.45) is 5.33. The van der Waals surface area contributed by atoms with Crippen molar-refractivity contribution < 1.29 is 23.7 Å². The highest BCUT2D eigenvalue weighted by molar-refractivity contribution is 5.87. The fraction of sp³-hybridized carbons (Fsp3) is 0.850. The van der Waals surface area contributed by atoms with Gasteiger partial charge in [-0.25, -0.2) is 4.79 Å². The number of carbonyl (C=O) groups is 1. The number of ether oxygens (including phenoxy) is 4. The van der Waals surface area contributed by atoms with E-state index in [1.54, 1.807) is 0 Å². The predicted molar refractivity (Wildman–Crippen MR) is 98.0 cm³/mol. The molecule has 3 aliphatic heterocycles. The topological polar surface area (TPSA) is 63.8 Å². The molecule has 0 radical (unpaired) electrons. The van der Waals surface area contributed by atoms with Gasteiger partial charge < -0.3 is 18.9 Å². The molecule has 3 saturated heterocycles. The Kier molecular flexibility index (Phi) is 5.78. The molecule has 3 rings (SSSR count). The van der Waals surface area contributed by atoms with Crippen LogP contribution in [0.4, 0.5) is 0 Å². The zero-order chi connectivity index (χ0) is 18.9. The second-order valence-corrected chi connectivity index (χ2v) is 8.83. The maximum atomic E-state index is 12.1. The van der Waals surface area contributed by atoms with Crippen molar-refractivity contribution in [2.75, 3.05) is 33.5 Å². The maximum Gasteiger partial charge on any atom is 0.333 e. The lowest BCUT2D eigenvalue weighted by Gasteiger charge is -2.54. The van der Waals surface area contributed by atoms with Gasteiger partial charge in [0.25, 0.3) is 0 Å². The number of piperidine rings is 1. The van der Waals surface area contributed by atoms with Crippen LogP contribution in [0.2, 0.25) is 0 Å². The lowest BCUT2D eigenvalue weighted by Crippen LogP contribution is -2.61. The highest BCUT2D eigenvalue weighted by atomic mass is 16.6. The van der Waals surface area contributed by atoms with Crippen LogP contribution in [0.5, 0.6) is 0 Å². The normalized spacial score (nSPS) is 36.7. The number of likely N-dealkylation sites (tertiary alicyclic amines) is 1. The first-order valence-corrected chi connectivity index (χ1v) is 9.62. The van der Waals surface area contributed by atoms with E-state index in [4.69, 9.17) is 18.9 Å². The van der Waals surface area contributed by atoms with E-state index in [2.05, 4.69) is 32.7 Å². The molecule has 26 heavy (non-hydrogen) atoms. The predicted octanol–water partition coefficient (Wildman–Crippen LogP) is 2.31. The van der Waals surface area contributed by atoms with Gasteiger partial charge in [0.1, 0.15) is 18.8 Å². The first-order chi connectivity index (χ1) is 12.2. The second kappa shape index (κ2) is 7.58. The van der Waals surface area contributed by atoms with Crippen molar-refractivity contribution >= 4 is 5.97 Å². The van der Waals surface area contributed by atoms with E-state index in [0.29, 0.717) is 25.4 Å². The third-order valence-corrected chi connectivity index (χ3v) is 6.01. The molecule has 0 aliphatic carbocycles. The molecule has 4 atom stereocenters. The molecular weight excluding hydrogens is 334 g/mol. The van der Waals surface area contributed by atoms with Crippen LogP contribution >= 0.6 is 0 Å². The number of hydrogen-bond donors (Lipinski definition) is 0. The van der Waals surface area contributed by atoms with E-state index in [-0.39, 0.29) is 35.4 Å². The number of esters is 1. The largest absolute Gasteiger partial charge is 0.459 e. The van der Waals surface area contributed by atoms with Gasteiger partial charge >= 0.3 is 5.97 Å². The molecule has 0 amide bonds.